The van der Waals surface area contributed by atoms with E-state index < -0.39 is 0 Å². The molecule has 0 atom stereocenters. The predicted octanol–water partition coefficient (Wildman–Crippen LogP) is 1.30. The molecule has 60 valence electrons. The molecule has 0 rings (SSSR count). The van der Waals surface area contributed by atoms with Crippen molar-refractivity contribution in [1.29, 1.82) is 0 Å². The molecule has 0 aliphatic rings. The van der Waals surface area contributed by atoms with Gasteiger partial charge >= 0.3 is 0 Å². The number of carbonyl (C=O) groups excluding carboxylic acids is 1. The second kappa shape index (κ2) is 5.92. The summed E-state index contributed by atoms with van der Waals surface area (Å²) in [6.45, 7) is 4.05. The predicted molar refractivity (Wildman–Crippen MR) is 49.2 cm³/mol. The molecule has 0 aromatic rings. The molecule has 0 aromatic carbocycles. The van der Waals surface area contributed by atoms with E-state index in [1.165, 1.54) is 0 Å². The highest BCUT2D eigenvalue weighted by Gasteiger charge is 2.13. The fraction of sp³-hybridized carbons (Fsp3) is 0.833. The number of hydrogen-bond donors (Lipinski definition) is 1. The minimum Gasteiger partial charge on any atom is -0.368 e. The van der Waals surface area contributed by atoms with Gasteiger partial charge in [0.15, 0.2) is 0 Å². The van der Waals surface area contributed by atoms with Crippen LogP contribution in [0.15, 0.2) is 0 Å². The molecule has 2 nitrogen and oxygen atoms in total. The fourth-order valence-corrected chi connectivity index (χ4v) is 2.65. The van der Waals surface area contributed by atoms with Crippen LogP contribution in [-0.4, -0.2) is 22.0 Å². The molecular weight excluding hydrogens is 166 g/mol. The second-order valence-electron chi connectivity index (χ2n) is 1.64. The number of rotatable bonds is 5. The summed E-state index contributed by atoms with van der Waals surface area (Å²) in [4.78, 5) is 10.7. The van der Waals surface area contributed by atoms with Gasteiger partial charge in [-0.3, -0.25) is 4.79 Å². The third kappa shape index (κ3) is 4.06. The molecule has 0 fully saturated rings. The topological polar surface area (TPSA) is 43.1 Å². The van der Waals surface area contributed by atoms with E-state index in [9.17, 15) is 4.79 Å². The molecule has 10 heavy (non-hydrogen) atoms. The Bertz CT molecular complexity index is 102. The van der Waals surface area contributed by atoms with E-state index in [-0.39, 0.29) is 10.5 Å². The van der Waals surface area contributed by atoms with Gasteiger partial charge in [0.1, 0.15) is 4.58 Å². The van der Waals surface area contributed by atoms with Gasteiger partial charge in [-0.2, -0.15) is 0 Å². The van der Waals surface area contributed by atoms with Crippen LogP contribution < -0.4 is 5.73 Å². The lowest BCUT2D eigenvalue weighted by molar-refractivity contribution is -0.116. The molecular formula is C6H13NOS2. The van der Waals surface area contributed by atoms with Crippen LogP contribution in [0.3, 0.4) is 0 Å². The molecule has 0 spiro atoms. The van der Waals surface area contributed by atoms with E-state index in [0.717, 1.165) is 11.5 Å². The molecule has 0 saturated carbocycles. The summed E-state index contributed by atoms with van der Waals surface area (Å²) < 4.78 is -0.0463. The normalized spacial score (nSPS) is 10.3. The van der Waals surface area contributed by atoms with E-state index >= 15 is 0 Å². The number of thioether (sulfide) groups is 2. The van der Waals surface area contributed by atoms with Crippen LogP contribution in [0.4, 0.5) is 0 Å². The van der Waals surface area contributed by atoms with Gasteiger partial charge in [-0.1, -0.05) is 13.8 Å². The van der Waals surface area contributed by atoms with Crippen molar-refractivity contribution in [2.24, 2.45) is 5.73 Å². The van der Waals surface area contributed by atoms with Crippen molar-refractivity contribution in [1.82, 2.24) is 0 Å². The largest absolute Gasteiger partial charge is 0.368 e. The Morgan fingerprint density at radius 1 is 1.40 bits per heavy atom. The van der Waals surface area contributed by atoms with Gasteiger partial charge in [0.25, 0.3) is 0 Å². The zero-order chi connectivity index (χ0) is 7.98. The first kappa shape index (κ1) is 10.2. The van der Waals surface area contributed by atoms with Crippen LogP contribution >= 0.6 is 23.5 Å². The van der Waals surface area contributed by atoms with Crippen molar-refractivity contribution < 1.29 is 4.79 Å². The van der Waals surface area contributed by atoms with Crippen LogP contribution in [0.5, 0.6) is 0 Å². The van der Waals surface area contributed by atoms with Crippen LogP contribution in [0.25, 0.3) is 0 Å². The molecule has 4 heteroatoms. The number of primary amides is 1. The number of nitrogens with two attached hydrogens (primary N) is 1. The zero-order valence-corrected chi connectivity index (χ0v) is 7.93. The highest BCUT2D eigenvalue weighted by molar-refractivity contribution is 8.18. The van der Waals surface area contributed by atoms with E-state index in [0.29, 0.717) is 0 Å². The molecule has 0 bridgehead atoms. The first-order valence-corrected chi connectivity index (χ1v) is 5.34. The first-order chi connectivity index (χ1) is 4.72. The maximum Gasteiger partial charge on any atom is 0.240 e. The summed E-state index contributed by atoms with van der Waals surface area (Å²) in [6, 6.07) is 0. The Hall–Kier alpha value is 0.170. The standard InChI is InChI=1S/C6H13NOS2/c1-3-9-6(5(7)8)10-4-2/h6H,3-4H2,1-2H3,(H2,7,8). The van der Waals surface area contributed by atoms with Gasteiger partial charge in [-0.15, -0.1) is 23.5 Å². The maximum absolute atomic E-state index is 10.7. The average Bonchev–Trinajstić information content (AvgIpc) is 1.87. The van der Waals surface area contributed by atoms with Crippen molar-refractivity contribution in [3.05, 3.63) is 0 Å². The second-order valence-corrected chi connectivity index (χ2v) is 4.71. The Morgan fingerprint density at radius 3 is 2.00 bits per heavy atom. The summed E-state index contributed by atoms with van der Waals surface area (Å²) >= 11 is 3.19. The van der Waals surface area contributed by atoms with Gasteiger partial charge < -0.3 is 5.73 Å². The van der Waals surface area contributed by atoms with E-state index in [1.807, 2.05) is 13.8 Å². The van der Waals surface area contributed by atoms with Gasteiger partial charge in [0.2, 0.25) is 5.91 Å². The highest BCUT2D eigenvalue weighted by Crippen LogP contribution is 2.22. The maximum atomic E-state index is 10.7. The lowest BCUT2D eigenvalue weighted by Gasteiger charge is -2.08. The monoisotopic (exact) mass is 179 g/mol. The molecule has 0 radical (unpaired) electrons. The number of amides is 1. The minimum atomic E-state index is -0.210. The summed E-state index contributed by atoms with van der Waals surface area (Å²) in [6.07, 6.45) is 0. The van der Waals surface area contributed by atoms with Gasteiger partial charge in [-0.25, -0.2) is 0 Å². The SMILES string of the molecule is CCSC(SCC)C(N)=O. The van der Waals surface area contributed by atoms with Crippen LogP contribution in [0.1, 0.15) is 13.8 Å². The Balaban J connectivity index is 3.61. The van der Waals surface area contributed by atoms with Crippen LogP contribution in [0, 0.1) is 0 Å². The van der Waals surface area contributed by atoms with Crippen molar-refractivity contribution >= 4 is 29.4 Å². The van der Waals surface area contributed by atoms with Gasteiger partial charge in [0.05, 0.1) is 0 Å². The number of carbonyl (C=O) groups is 1. The molecule has 1 amide bonds. The van der Waals surface area contributed by atoms with Crippen LogP contribution in [0.2, 0.25) is 0 Å². The lowest BCUT2D eigenvalue weighted by Crippen LogP contribution is -2.23. The van der Waals surface area contributed by atoms with E-state index in [1.54, 1.807) is 23.5 Å². The summed E-state index contributed by atoms with van der Waals surface area (Å²) in [5, 5.41) is 0. The summed E-state index contributed by atoms with van der Waals surface area (Å²) in [5.74, 6) is 1.68. The first-order valence-electron chi connectivity index (χ1n) is 3.24. The molecule has 0 aromatic heterocycles. The Kier molecular flexibility index (Phi) is 6.02. The quantitative estimate of drug-likeness (QED) is 0.647. The van der Waals surface area contributed by atoms with Crippen molar-refractivity contribution in [2.75, 3.05) is 11.5 Å². The Labute approximate surface area is 70.3 Å². The molecule has 0 unspecified atom stereocenters. The Morgan fingerprint density at radius 2 is 1.80 bits per heavy atom. The minimum absolute atomic E-state index is 0.0463. The molecule has 0 heterocycles. The molecule has 0 aliphatic carbocycles. The highest BCUT2D eigenvalue weighted by atomic mass is 32.2. The van der Waals surface area contributed by atoms with Gasteiger partial charge in [0, 0.05) is 0 Å². The number of hydrogen-bond acceptors (Lipinski definition) is 3. The van der Waals surface area contributed by atoms with Gasteiger partial charge in [-0.05, 0) is 11.5 Å². The average molecular weight is 179 g/mol. The van der Waals surface area contributed by atoms with Crippen LogP contribution in [-0.2, 0) is 4.79 Å². The lowest BCUT2D eigenvalue weighted by atomic mass is 10.7. The summed E-state index contributed by atoms with van der Waals surface area (Å²) in [7, 11) is 0. The third-order valence-electron chi connectivity index (χ3n) is 0.868. The van der Waals surface area contributed by atoms with Crippen molar-refractivity contribution in [3.63, 3.8) is 0 Å². The van der Waals surface area contributed by atoms with E-state index in [4.69, 9.17) is 5.73 Å². The van der Waals surface area contributed by atoms with E-state index in [2.05, 4.69) is 0 Å². The molecule has 0 aliphatic heterocycles. The molecule has 0 saturated heterocycles. The summed E-state index contributed by atoms with van der Waals surface area (Å²) in [5.41, 5.74) is 5.13. The fourth-order valence-electron chi connectivity index (χ4n) is 0.515. The van der Waals surface area contributed by atoms with Crippen molar-refractivity contribution in [2.45, 2.75) is 18.4 Å². The van der Waals surface area contributed by atoms with Crippen molar-refractivity contribution in [3.8, 4) is 0 Å². The molecule has 2 N–H and O–H groups in total. The zero-order valence-electron chi connectivity index (χ0n) is 6.29. The third-order valence-corrected chi connectivity index (χ3v) is 3.42. The smallest absolute Gasteiger partial charge is 0.240 e.